The van der Waals surface area contributed by atoms with E-state index in [4.69, 9.17) is 15.0 Å². The second kappa shape index (κ2) is 15.3. The number of fused-ring (bicyclic) bond motifs is 5. The molecule has 0 unspecified atom stereocenters. The fourth-order valence-corrected chi connectivity index (χ4v) is 11.4. The lowest BCUT2D eigenvalue weighted by atomic mass is 9.97. The van der Waals surface area contributed by atoms with Crippen molar-refractivity contribution in [3.8, 4) is 56.3 Å². The zero-order valence-electron chi connectivity index (χ0n) is 32.6. The van der Waals surface area contributed by atoms with Crippen LogP contribution in [-0.2, 0) is 4.57 Å². The molecule has 6 nitrogen and oxygen atoms in total. The van der Waals surface area contributed by atoms with E-state index in [0.29, 0.717) is 5.82 Å². The third-order valence-electron chi connectivity index (χ3n) is 11.3. The smallest absolute Gasteiger partial charge is 0.171 e. The summed E-state index contributed by atoms with van der Waals surface area (Å²) in [7, 11) is -3.12. The van der Waals surface area contributed by atoms with Gasteiger partial charge in [0.05, 0.1) is 34.3 Å². The predicted molar refractivity (Wildman–Crippen MR) is 252 cm³/mol. The van der Waals surface area contributed by atoms with Crippen LogP contribution in [0.3, 0.4) is 0 Å². The maximum Gasteiger partial charge on any atom is 0.171 e. The van der Waals surface area contributed by atoms with Gasteiger partial charge in [0, 0.05) is 54.3 Å². The van der Waals surface area contributed by atoms with Gasteiger partial charge in [0.1, 0.15) is 11.0 Å². The van der Waals surface area contributed by atoms with Crippen molar-refractivity contribution in [2.75, 3.05) is 0 Å². The highest BCUT2D eigenvalue weighted by molar-refractivity contribution is 7.85. The van der Waals surface area contributed by atoms with Gasteiger partial charge in [-0.3, -0.25) is 0 Å². The Morgan fingerprint density at radius 3 is 1.51 bits per heavy atom. The molecule has 61 heavy (non-hydrogen) atoms. The van der Waals surface area contributed by atoms with E-state index in [-0.39, 0.29) is 0 Å². The van der Waals surface area contributed by atoms with Crippen molar-refractivity contribution in [2.45, 2.75) is 0 Å². The molecule has 11 aromatic rings. The summed E-state index contributed by atoms with van der Waals surface area (Å²) in [4.78, 5) is 15.3. The van der Waals surface area contributed by atoms with Crippen LogP contribution in [-0.4, -0.2) is 23.7 Å². The molecule has 11 rings (SSSR count). The summed E-state index contributed by atoms with van der Waals surface area (Å²) in [5, 5.41) is 5.60. The summed E-state index contributed by atoms with van der Waals surface area (Å²) in [6, 6.07) is 69.1. The highest BCUT2D eigenvalue weighted by Gasteiger charge is 2.29. The topological polar surface area (TPSA) is 81.5 Å². The Morgan fingerprint density at radius 1 is 0.377 bits per heavy atom. The van der Waals surface area contributed by atoms with Gasteiger partial charge < -0.3 is 4.57 Å². The van der Waals surface area contributed by atoms with Crippen LogP contribution in [0, 0.1) is 0 Å². The summed E-state index contributed by atoms with van der Waals surface area (Å²) >= 11 is 1.24. The Morgan fingerprint density at radius 2 is 0.885 bits per heavy atom. The van der Waals surface area contributed by atoms with Gasteiger partial charge >= 0.3 is 0 Å². The molecule has 0 amide bonds. The van der Waals surface area contributed by atoms with E-state index < -0.39 is 7.14 Å². The quantitative estimate of drug-likeness (QED) is 0.112. The number of para-hydroxylation sites is 1. The van der Waals surface area contributed by atoms with Gasteiger partial charge in [-0.25, -0.2) is 15.0 Å². The zero-order valence-corrected chi connectivity index (χ0v) is 34.3. The van der Waals surface area contributed by atoms with Crippen molar-refractivity contribution in [1.29, 1.82) is 0 Å². The molecular weight excluding hydrogens is 786 g/mol. The summed E-state index contributed by atoms with van der Waals surface area (Å²) < 4.78 is 24.2. The summed E-state index contributed by atoms with van der Waals surface area (Å²) in [6.07, 6.45) is 0. The molecular formula is C53H34N5OPS. The van der Waals surface area contributed by atoms with E-state index in [2.05, 4.69) is 75.5 Å². The van der Waals surface area contributed by atoms with Crippen LogP contribution < -0.4 is 15.9 Å². The van der Waals surface area contributed by atoms with Crippen LogP contribution in [0.2, 0.25) is 0 Å². The van der Waals surface area contributed by atoms with Gasteiger partial charge in [-0.1, -0.05) is 182 Å². The SMILES string of the molecule is O=P(c1ccccc1)(c1ccccc1)c1ccc(-c2cc(-c3ccc(-c4ccc(-c5nc6ccccc6c6c5ccc5nsnc56)cc4)cc3)nc(-c3ccccc3)n2)cc1. The molecule has 8 aromatic carbocycles. The molecule has 8 heteroatoms. The second-order valence-corrected chi connectivity index (χ2v) is 18.2. The van der Waals surface area contributed by atoms with E-state index in [1.807, 2.05) is 140 Å². The minimum absolute atomic E-state index is 0.637. The number of benzene rings is 8. The maximum absolute atomic E-state index is 15.0. The second-order valence-electron chi connectivity index (χ2n) is 14.9. The van der Waals surface area contributed by atoms with Gasteiger partial charge in [0.2, 0.25) is 0 Å². The van der Waals surface area contributed by atoms with Gasteiger partial charge in [-0.2, -0.15) is 8.75 Å². The number of hydrogen-bond donors (Lipinski definition) is 0. The third kappa shape index (κ3) is 6.61. The van der Waals surface area contributed by atoms with Gasteiger partial charge in [-0.05, 0) is 35.4 Å². The molecule has 0 spiro atoms. The van der Waals surface area contributed by atoms with Crippen LogP contribution in [0.25, 0.3) is 89.0 Å². The Hall–Kier alpha value is -7.44. The summed E-state index contributed by atoms with van der Waals surface area (Å²) in [6.45, 7) is 0. The first-order chi connectivity index (χ1) is 30.1. The van der Waals surface area contributed by atoms with Gasteiger partial charge in [0.15, 0.2) is 13.0 Å². The Balaban J connectivity index is 0.932. The van der Waals surface area contributed by atoms with E-state index in [0.717, 1.165) is 99.1 Å². The summed E-state index contributed by atoms with van der Waals surface area (Å²) in [5.41, 5.74) is 11.3. The van der Waals surface area contributed by atoms with E-state index in [1.54, 1.807) is 0 Å². The molecule has 0 saturated heterocycles. The van der Waals surface area contributed by atoms with Crippen molar-refractivity contribution >= 4 is 67.5 Å². The van der Waals surface area contributed by atoms with Gasteiger partial charge in [0.25, 0.3) is 0 Å². The van der Waals surface area contributed by atoms with Crippen LogP contribution in [0.5, 0.6) is 0 Å². The minimum Gasteiger partial charge on any atom is -0.309 e. The molecule has 0 atom stereocenters. The first-order valence-corrected chi connectivity index (χ1v) is 22.5. The highest BCUT2D eigenvalue weighted by Crippen LogP contribution is 2.43. The van der Waals surface area contributed by atoms with Crippen molar-refractivity contribution < 1.29 is 4.57 Å². The van der Waals surface area contributed by atoms with Crippen molar-refractivity contribution in [3.63, 3.8) is 0 Å². The monoisotopic (exact) mass is 819 g/mol. The zero-order chi connectivity index (χ0) is 40.8. The average molecular weight is 820 g/mol. The van der Waals surface area contributed by atoms with Crippen LogP contribution in [0.4, 0.5) is 0 Å². The van der Waals surface area contributed by atoms with Crippen LogP contribution in [0.15, 0.2) is 206 Å². The lowest BCUT2D eigenvalue weighted by molar-refractivity contribution is 0.592. The molecule has 288 valence electrons. The predicted octanol–water partition coefficient (Wildman–Crippen LogP) is 12.2. The molecule has 0 N–H and O–H groups in total. The molecule has 3 aromatic heterocycles. The average Bonchev–Trinajstić information content (AvgIpc) is 3.84. The molecule has 0 aliphatic carbocycles. The molecule has 0 aliphatic rings. The van der Waals surface area contributed by atoms with E-state index >= 15 is 4.57 Å². The number of aromatic nitrogens is 5. The molecule has 0 saturated carbocycles. The first-order valence-electron chi connectivity index (χ1n) is 20.0. The normalized spacial score (nSPS) is 11.7. The Kier molecular flexibility index (Phi) is 9.19. The molecule has 0 radical (unpaired) electrons. The lowest BCUT2D eigenvalue weighted by Gasteiger charge is -2.20. The highest BCUT2D eigenvalue weighted by atomic mass is 32.1. The number of nitrogens with zero attached hydrogens (tertiary/aromatic N) is 5. The molecule has 3 heterocycles. The molecule has 0 bridgehead atoms. The van der Waals surface area contributed by atoms with E-state index in [9.17, 15) is 0 Å². The fourth-order valence-electron chi connectivity index (χ4n) is 8.18. The fraction of sp³-hybridized carbons (Fsp3) is 0. The first kappa shape index (κ1) is 36.6. The largest absolute Gasteiger partial charge is 0.309 e. The maximum atomic E-state index is 15.0. The minimum atomic E-state index is -3.12. The Bertz CT molecular complexity index is 3370. The summed E-state index contributed by atoms with van der Waals surface area (Å²) in [5.74, 6) is 0.637. The van der Waals surface area contributed by atoms with Crippen LogP contribution in [0.1, 0.15) is 0 Å². The standard InChI is InChI=1S/C53H34N5OPS/c59-60(41-14-6-2-7-15-41,42-16-8-3-9-17-42)43-30-28-38(29-31-43)49-34-48(55-53(56-49)40-12-4-1-5-13-40)37-24-20-35(21-25-37)36-22-26-39(27-23-36)51-45-32-33-47-52(58-61-57-47)50(45)44-18-10-11-19-46(44)54-51/h1-34H. The number of pyridine rings is 1. The lowest BCUT2D eigenvalue weighted by Crippen LogP contribution is -2.24. The van der Waals surface area contributed by atoms with Crippen LogP contribution >= 0.6 is 18.9 Å². The molecule has 0 aliphatic heterocycles. The number of hydrogen-bond acceptors (Lipinski definition) is 7. The van der Waals surface area contributed by atoms with Gasteiger partial charge in [-0.15, -0.1) is 0 Å². The van der Waals surface area contributed by atoms with E-state index in [1.165, 1.54) is 11.7 Å². The molecule has 0 fully saturated rings. The van der Waals surface area contributed by atoms with Crippen molar-refractivity contribution in [2.24, 2.45) is 0 Å². The third-order valence-corrected chi connectivity index (χ3v) is 14.9. The van der Waals surface area contributed by atoms with Crippen molar-refractivity contribution in [1.82, 2.24) is 23.7 Å². The number of rotatable bonds is 8. The van der Waals surface area contributed by atoms with Crippen molar-refractivity contribution in [3.05, 3.63) is 206 Å². The Labute approximate surface area is 356 Å².